The highest BCUT2D eigenvalue weighted by atomic mass is 16.7. The zero-order valence-corrected chi connectivity index (χ0v) is 17.9. The molecule has 0 bridgehead atoms. The van der Waals surface area contributed by atoms with Crippen molar-refractivity contribution in [2.75, 3.05) is 7.05 Å². The lowest BCUT2D eigenvalue weighted by Crippen LogP contribution is -2.45. The molecule has 0 radical (unpaired) electrons. The highest BCUT2D eigenvalue weighted by molar-refractivity contribution is 5.79. The van der Waals surface area contributed by atoms with Crippen LogP contribution in [0, 0.1) is 5.41 Å². The molecule has 2 heterocycles. The Balaban J connectivity index is 1.68. The van der Waals surface area contributed by atoms with Gasteiger partial charge in [0.05, 0.1) is 0 Å². The molecule has 3 aliphatic rings. The topological polar surface area (TPSA) is 99.0 Å². The number of allylic oxidation sites excluding steroid dienone is 3. The molecule has 7 heteroatoms. The Bertz CT molecular complexity index is 1130. The highest BCUT2D eigenvalue weighted by Crippen LogP contribution is 2.63. The molecule has 2 spiro atoms. The average Bonchev–Trinajstić information content (AvgIpc) is 3.23. The number of fused-ring (bicyclic) bond motifs is 3. The van der Waals surface area contributed by atoms with Crippen LogP contribution in [0.25, 0.3) is 11.1 Å². The second kappa shape index (κ2) is 6.93. The van der Waals surface area contributed by atoms with Gasteiger partial charge in [0.2, 0.25) is 11.7 Å². The molecule has 1 saturated carbocycles. The molecule has 160 valence electrons. The summed E-state index contributed by atoms with van der Waals surface area (Å²) < 4.78 is 0. The van der Waals surface area contributed by atoms with E-state index >= 15 is 0 Å². The van der Waals surface area contributed by atoms with Gasteiger partial charge in [-0.3, -0.25) is 4.98 Å². The van der Waals surface area contributed by atoms with E-state index in [9.17, 15) is 0 Å². The first-order valence-electron chi connectivity index (χ1n) is 10.5. The second-order valence-electron chi connectivity index (χ2n) is 8.71. The number of nitrogens with two attached hydrogens (primary N) is 2. The van der Waals surface area contributed by atoms with Crippen LogP contribution in [-0.2, 0) is 21.8 Å². The first-order chi connectivity index (χ1) is 14.9. The lowest BCUT2D eigenvalue weighted by molar-refractivity contribution is -0.224. The number of rotatable bonds is 2. The van der Waals surface area contributed by atoms with Crippen molar-refractivity contribution in [3.05, 3.63) is 77.3 Å². The Kier molecular flexibility index (Phi) is 4.42. The highest BCUT2D eigenvalue weighted by Gasteiger charge is 2.63. The molecule has 0 amide bonds. The molecule has 2 aromatic rings. The monoisotopic (exact) mass is 417 g/mol. The summed E-state index contributed by atoms with van der Waals surface area (Å²) in [6, 6.07) is 10.5. The molecule has 1 aromatic carbocycles. The Labute approximate surface area is 182 Å². The summed E-state index contributed by atoms with van der Waals surface area (Å²) in [6.45, 7) is 6.14. The van der Waals surface area contributed by atoms with Crippen molar-refractivity contribution in [3.63, 3.8) is 0 Å². The number of hydrogen-bond acceptors (Lipinski definition) is 7. The molecule has 4 N–H and O–H groups in total. The van der Waals surface area contributed by atoms with Crippen molar-refractivity contribution in [1.29, 1.82) is 0 Å². The van der Waals surface area contributed by atoms with E-state index in [-0.39, 0.29) is 5.41 Å². The molecule has 31 heavy (non-hydrogen) atoms. The van der Waals surface area contributed by atoms with Crippen LogP contribution < -0.4 is 11.6 Å². The third kappa shape index (κ3) is 2.80. The fourth-order valence-electron chi connectivity index (χ4n) is 5.33. The maximum Gasteiger partial charge on any atom is 0.221 e. The van der Waals surface area contributed by atoms with Crippen molar-refractivity contribution in [1.82, 2.24) is 10.0 Å². The molecule has 2 atom stereocenters. The fourth-order valence-corrected chi connectivity index (χ4v) is 5.33. The average molecular weight is 418 g/mol. The largest absolute Gasteiger partial charge is 0.416 e. The summed E-state index contributed by atoms with van der Waals surface area (Å²) in [5.74, 6) is 6.58. The van der Waals surface area contributed by atoms with Crippen LogP contribution in [0.2, 0.25) is 0 Å². The molecule has 2 unspecified atom stereocenters. The Morgan fingerprint density at radius 2 is 2.10 bits per heavy atom. The quantitative estimate of drug-likeness (QED) is 0.573. The van der Waals surface area contributed by atoms with Gasteiger partial charge in [-0.1, -0.05) is 24.8 Å². The van der Waals surface area contributed by atoms with Gasteiger partial charge in [0.25, 0.3) is 0 Å². The molecule has 1 aliphatic heterocycles. The lowest BCUT2D eigenvalue weighted by atomic mass is 9.64. The van der Waals surface area contributed by atoms with Gasteiger partial charge in [-0.2, -0.15) is 5.90 Å². The minimum Gasteiger partial charge on any atom is -0.416 e. The molecule has 5 rings (SSSR count). The van der Waals surface area contributed by atoms with E-state index in [1.54, 1.807) is 18.3 Å². The van der Waals surface area contributed by atoms with E-state index < -0.39 is 5.72 Å². The minimum absolute atomic E-state index is 0.311. The van der Waals surface area contributed by atoms with E-state index in [1.165, 1.54) is 5.56 Å². The molecule has 2 aliphatic carbocycles. The van der Waals surface area contributed by atoms with Crippen LogP contribution in [0.4, 0.5) is 0 Å². The minimum atomic E-state index is -0.903. The van der Waals surface area contributed by atoms with Gasteiger partial charge in [-0.25, -0.2) is 14.9 Å². The summed E-state index contributed by atoms with van der Waals surface area (Å²) in [7, 11) is 1.80. The Morgan fingerprint density at radius 1 is 1.26 bits per heavy atom. The van der Waals surface area contributed by atoms with Crippen LogP contribution in [0.15, 0.2) is 71.2 Å². The molecular formula is C24H27N5O2. The van der Waals surface area contributed by atoms with E-state index in [2.05, 4.69) is 35.8 Å². The predicted octanol–water partition coefficient (Wildman–Crippen LogP) is 3.54. The molecule has 1 fully saturated rings. The van der Waals surface area contributed by atoms with E-state index in [0.717, 1.165) is 47.1 Å². The van der Waals surface area contributed by atoms with Crippen molar-refractivity contribution < 1.29 is 9.68 Å². The molecular weight excluding hydrogens is 390 g/mol. The number of hydrogen-bond donors (Lipinski definition) is 2. The lowest BCUT2D eigenvalue weighted by Gasteiger charge is -2.44. The van der Waals surface area contributed by atoms with Gasteiger partial charge >= 0.3 is 0 Å². The summed E-state index contributed by atoms with van der Waals surface area (Å²) >= 11 is 0. The van der Waals surface area contributed by atoms with Crippen LogP contribution in [0.1, 0.15) is 37.3 Å². The van der Waals surface area contributed by atoms with Gasteiger partial charge in [0.1, 0.15) is 5.76 Å². The number of aromatic nitrogens is 1. The van der Waals surface area contributed by atoms with E-state index in [1.807, 2.05) is 19.2 Å². The Hall–Kier alpha value is -3.16. The van der Waals surface area contributed by atoms with Crippen LogP contribution in [0.5, 0.6) is 0 Å². The number of aliphatic imine (C=N–C) groups is 1. The summed E-state index contributed by atoms with van der Waals surface area (Å²) in [6.07, 6.45) is 6.88. The van der Waals surface area contributed by atoms with Gasteiger partial charge in [0.15, 0.2) is 0 Å². The van der Waals surface area contributed by atoms with Crippen LogP contribution in [0.3, 0.4) is 0 Å². The second-order valence-corrected chi connectivity index (χ2v) is 8.71. The third-order valence-electron chi connectivity index (χ3n) is 7.03. The smallest absolute Gasteiger partial charge is 0.221 e. The van der Waals surface area contributed by atoms with Crippen molar-refractivity contribution in [3.8, 4) is 11.1 Å². The summed E-state index contributed by atoms with van der Waals surface area (Å²) in [4.78, 5) is 20.8. The number of nitrogens with zero attached hydrogens (tertiary/aromatic N) is 3. The number of guanidine groups is 1. The van der Waals surface area contributed by atoms with E-state index in [0.29, 0.717) is 18.1 Å². The van der Waals surface area contributed by atoms with E-state index in [4.69, 9.17) is 26.3 Å². The molecule has 7 nitrogen and oxygen atoms in total. The zero-order chi connectivity index (χ0) is 21.8. The number of benzene rings is 1. The van der Waals surface area contributed by atoms with Crippen molar-refractivity contribution >= 4 is 5.96 Å². The summed E-state index contributed by atoms with van der Waals surface area (Å²) in [5.41, 5.74) is 11.5. The first-order valence-corrected chi connectivity index (χ1v) is 10.5. The maximum absolute atomic E-state index is 6.49. The third-order valence-corrected chi connectivity index (χ3v) is 7.03. The van der Waals surface area contributed by atoms with Crippen molar-refractivity contribution in [2.45, 2.75) is 38.3 Å². The normalized spacial score (nSPS) is 28.8. The molecule has 1 aromatic heterocycles. The van der Waals surface area contributed by atoms with Gasteiger partial charge in [-0.05, 0) is 72.6 Å². The standard InChI is InChI=1S/C24H27N5O2/c1-15-8-9-23(13-20(15)16(2)30-26)12-18-7-6-17(19-5-4-10-27-14-19)11-21(18)24(23)28-22(25)29(3)31-24/h4-7,10-11,14H,1,8-9,12-13,26H2,2-3H3,(H2,25,28)/b20-16-. The fraction of sp³-hybridized carbons (Fsp3) is 0.333. The number of pyridine rings is 1. The van der Waals surface area contributed by atoms with Crippen molar-refractivity contribution in [2.24, 2.45) is 22.0 Å². The Morgan fingerprint density at radius 3 is 2.77 bits per heavy atom. The predicted molar refractivity (Wildman–Crippen MR) is 119 cm³/mol. The maximum atomic E-state index is 6.49. The first kappa shape index (κ1) is 19.8. The van der Waals surface area contributed by atoms with Crippen LogP contribution in [-0.4, -0.2) is 23.1 Å². The SMILES string of the molecule is C=C1CCC2(C/C1=C(\C)ON)Cc1ccc(-c3cccnc3)cc1C21N=C(N)N(C)O1. The number of hydroxylamine groups is 2. The molecule has 0 saturated heterocycles. The van der Waals surface area contributed by atoms with Gasteiger partial charge in [-0.15, -0.1) is 0 Å². The van der Waals surface area contributed by atoms with Gasteiger partial charge < -0.3 is 10.6 Å². The van der Waals surface area contributed by atoms with Crippen LogP contribution >= 0.6 is 0 Å². The summed E-state index contributed by atoms with van der Waals surface area (Å²) in [5, 5.41) is 1.58. The van der Waals surface area contributed by atoms with Gasteiger partial charge in [0, 0.05) is 30.4 Å². The zero-order valence-electron chi connectivity index (χ0n) is 17.9.